The number of carbonyl (C=O) groups is 1. The summed E-state index contributed by atoms with van der Waals surface area (Å²) < 4.78 is 27.2. The van der Waals surface area contributed by atoms with Crippen LogP contribution in [-0.4, -0.2) is 24.5 Å². The highest BCUT2D eigenvalue weighted by atomic mass is 32.2. The number of rotatable bonds is 6. The lowest BCUT2D eigenvalue weighted by molar-refractivity contribution is 0.0699. The van der Waals surface area contributed by atoms with Crippen molar-refractivity contribution in [1.29, 1.82) is 0 Å². The van der Waals surface area contributed by atoms with E-state index in [0.29, 0.717) is 22.1 Å². The number of benzene rings is 3. The number of nitrogens with one attached hydrogen (secondary N) is 1. The molecule has 0 aliphatic carbocycles. The number of nitrogen functional groups attached to an aromatic ring is 1. The van der Waals surface area contributed by atoms with Crippen LogP contribution in [0, 0.1) is 0 Å². The van der Waals surface area contributed by atoms with Crippen molar-refractivity contribution in [3.8, 4) is 0 Å². The number of anilines is 2. The molecule has 0 atom stereocenters. The van der Waals surface area contributed by atoms with Crippen LogP contribution >= 0.6 is 11.3 Å². The Morgan fingerprint density at radius 3 is 2.42 bits per heavy atom. The van der Waals surface area contributed by atoms with Gasteiger partial charge in [0.1, 0.15) is 5.69 Å². The second-order valence-corrected chi connectivity index (χ2v) is 8.92. The molecular weight excluding hydrogens is 438 g/mol. The lowest BCUT2D eigenvalue weighted by Crippen LogP contribution is -2.12. The summed E-state index contributed by atoms with van der Waals surface area (Å²) in [5.74, 6) is -1.10. The van der Waals surface area contributed by atoms with Crippen LogP contribution < -0.4 is 10.5 Å². The monoisotopic (exact) mass is 453 g/mol. The smallest absolute Gasteiger partial charge is 0.336 e. The molecule has 0 fully saturated rings. The zero-order valence-electron chi connectivity index (χ0n) is 15.8. The summed E-state index contributed by atoms with van der Waals surface area (Å²) in [5, 5.41) is 20.7. The fourth-order valence-corrected chi connectivity index (χ4v) is 4.68. The van der Waals surface area contributed by atoms with Crippen LogP contribution in [0.4, 0.5) is 22.2 Å². The van der Waals surface area contributed by atoms with Gasteiger partial charge in [0.15, 0.2) is 5.13 Å². The van der Waals surface area contributed by atoms with Crippen LogP contribution in [-0.2, 0) is 10.0 Å². The number of sulfonamides is 1. The summed E-state index contributed by atoms with van der Waals surface area (Å²) in [7, 11) is -3.77. The van der Waals surface area contributed by atoms with E-state index in [4.69, 9.17) is 5.73 Å². The third-order valence-corrected chi connectivity index (χ3v) is 6.54. The van der Waals surface area contributed by atoms with Crippen molar-refractivity contribution < 1.29 is 18.3 Å². The van der Waals surface area contributed by atoms with Crippen LogP contribution in [0.15, 0.2) is 81.3 Å². The van der Waals surface area contributed by atoms with Gasteiger partial charge < -0.3 is 10.8 Å². The van der Waals surface area contributed by atoms with Crippen molar-refractivity contribution in [3.05, 3.63) is 71.7 Å². The summed E-state index contributed by atoms with van der Waals surface area (Å²) in [6, 6.07) is 14.0. The molecular formula is C20H15N5O4S2. The van der Waals surface area contributed by atoms with Gasteiger partial charge in [0, 0.05) is 17.0 Å². The first-order chi connectivity index (χ1) is 14.8. The highest BCUT2D eigenvalue weighted by Crippen LogP contribution is 2.35. The standard InChI is InChI=1S/C20H15N5O4S2/c21-18-15-4-2-1-3-14(15)16(19(26)27)11-17(18)24-23-12-5-7-13(8-6-12)31(28,29)25-20-22-9-10-30-20/h1-11H,21H2,(H,22,25)(H,26,27). The predicted octanol–water partition coefficient (Wildman–Crippen LogP) is 4.79. The Morgan fingerprint density at radius 1 is 1.06 bits per heavy atom. The van der Waals surface area contributed by atoms with E-state index < -0.39 is 16.0 Å². The van der Waals surface area contributed by atoms with Gasteiger partial charge in [0.05, 0.1) is 21.8 Å². The molecule has 31 heavy (non-hydrogen) atoms. The SMILES string of the molecule is Nc1c(N=Nc2ccc(S(=O)(=O)Nc3nccs3)cc2)cc(C(=O)O)c2ccccc12. The van der Waals surface area contributed by atoms with Crippen molar-refractivity contribution in [2.45, 2.75) is 4.90 Å². The third-order valence-electron chi connectivity index (χ3n) is 4.37. The van der Waals surface area contributed by atoms with Gasteiger partial charge in [-0.25, -0.2) is 18.2 Å². The molecule has 0 unspecified atom stereocenters. The van der Waals surface area contributed by atoms with Crippen molar-refractivity contribution in [3.63, 3.8) is 0 Å². The second kappa shape index (κ2) is 8.13. The van der Waals surface area contributed by atoms with Gasteiger partial charge in [-0.1, -0.05) is 24.3 Å². The average molecular weight is 454 g/mol. The highest BCUT2D eigenvalue weighted by Gasteiger charge is 2.16. The Morgan fingerprint density at radius 2 is 1.77 bits per heavy atom. The van der Waals surface area contributed by atoms with Crippen molar-refractivity contribution in [1.82, 2.24) is 4.98 Å². The van der Waals surface area contributed by atoms with Crippen molar-refractivity contribution >= 4 is 60.3 Å². The largest absolute Gasteiger partial charge is 0.478 e. The molecule has 0 saturated carbocycles. The maximum atomic E-state index is 12.4. The van der Waals surface area contributed by atoms with Gasteiger partial charge in [-0.05, 0) is 35.7 Å². The molecule has 0 saturated heterocycles. The summed E-state index contributed by atoms with van der Waals surface area (Å²) in [6.07, 6.45) is 1.50. The molecule has 4 N–H and O–H groups in total. The number of aromatic nitrogens is 1. The molecule has 0 radical (unpaired) electrons. The first kappa shape index (κ1) is 20.4. The summed E-state index contributed by atoms with van der Waals surface area (Å²) in [5.41, 5.74) is 7.10. The molecule has 9 nitrogen and oxygen atoms in total. The van der Waals surface area contributed by atoms with Crippen molar-refractivity contribution in [2.75, 3.05) is 10.5 Å². The molecule has 4 aromatic rings. The number of carboxylic acid groups (broad SMARTS) is 1. The van der Waals surface area contributed by atoms with E-state index >= 15 is 0 Å². The topological polar surface area (TPSA) is 147 Å². The number of nitrogens with two attached hydrogens (primary N) is 1. The average Bonchev–Trinajstić information content (AvgIpc) is 3.26. The molecule has 156 valence electrons. The Bertz CT molecular complexity index is 1400. The second-order valence-electron chi connectivity index (χ2n) is 6.34. The van der Waals surface area contributed by atoms with Gasteiger partial charge >= 0.3 is 5.97 Å². The third kappa shape index (κ3) is 4.22. The Hall–Kier alpha value is -3.83. The number of nitrogens with zero attached hydrogens (tertiary/aromatic N) is 3. The van der Waals surface area contributed by atoms with E-state index in [1.165, 1.54) is 47.9 Å². The molecule has 1 heterocycles. The van der Waals surface area contributed by atoms with Crippen molar-refractivity contribution in [2.24, 2.45) is 10.2 Å². The summed E-state index contributed by atoms with van der Waals surface area (Å²) >= 11 is 1.17. The number of hydrogen-bond acceptors (Lipinski definition) is 8. The van der Waals surface area contributed by atoms with Gasteiger partial charge in [-0.3, -0.25) is 4.72 Å². The van der Waals surface area contributed by atoms with E-state index in [1.54, 1.807) is 29.6 Å². The minimum absolute atomic E-state index is 0.0417. The molecule has 0 spiro atoms. The molecule has 11 heteroatoms. The lowest BCUT2D eigenvalue weighted by Gasteiger charge is -2.08. The Labute approximate surface area is 181 Å². The molecule has 1 aromatic heterocycles. The minimum atomic E-state index is -3.77. The van der Waals surface area contributed by atoms with Gasteiger partial charge in [-0.2, -0.15) is 5.11 Å². The van der Waals surface area contributed by atoms with Gasteiger partial charge in [0.25, 0.3) is 10.0 Å². The van der Waals surface area contributed by atoms with Crippen LogP contribution in [0.25, 0.3) is 10.8 Å². The van der Waals surface area contributed by atoms with Crippen LogP contribution in [0.2, 0.25) is 0 Å². The van der Waals surface area contributed by atoms with E-state index in [1.807, 2.05) is 0 Å². The fourth-order valence-electron chi connectivity index (χ4n) is 2.89. The first-order valence-corrected chi connectivity index (χ1v) is 11.2. The number of thiazole rings is 1. The fraction of sp³-hybridized carbons (Fsp3) is 0. The number of fused-ring (bicyclic) bond motifs is 1. The number of carboxylic acids is 1. The number of azo groups is 1. The number of hydrogen-bond donors (Lipinski definition) is 3. The quantitative estimate of drug-likeness (QED) is 0.282. The van der Waals surface area contributed by atoms with Crippen LogP contribution in [0.3, 0.4) is 0 Å². The highest BCUT2D eigenvalue weighted by molar-refractivity contribution is 7.93. The van der Waals surface area contributed by atoms with Crippen LogP contribution in [0.5, 0.6) is 0 Å². The Kier molecular flexibility index (Phi) is 5.36. The van der Waals surface area contributed by atoms with Gasteiger partial charge in [-0.15, -0.1) is 16.5 Å². The zero-order chi connectivity index (χ0) is 22.0. The number of aromatic carboxylic acids is 1. The molecule has 0 bridgehead atoms. The molecule has 0 aliphatic heterocycles. The van der Waals surface area contributed by atoms with E-state index in [-0.39, 0.29) is 21.3 Å². The summed E-state index contributed by atoms with van der Waals surface area (Å²) in [6.45, 7) is 0. The van der Waals surface area contributed by atoms with Gasteiger partial charge in [0.2, 0.25) is 0 Å². The maximum absolute atomic E-state index is 12.4. The molecule has 0 aliphatic rings. The van der Waals surface area contributed by atoms with E-state index in [9.17, 15) is 18.3 Å². The molecule has 4 rings (SSSR count). The van der Waals surface area contributed by atoms with E-state index in [2.05, 4.69) is 19.9 Å². The van der Waals surface area contributed by atoms with E-state index in [0.717, 1.165) is 0 Å². The Balaban J connectivity index is 1.63. The normalized spacial score (nSPS) is 11.7. The lowest BCUT2D eigenvalue weighted by atomic mass is 10.0. The predicted molar refractivity (Wildman–Crippen MR) is 119 cm³/mol. The van der Waals surface area contributed by atoms with Crippen LogP contribution in [0.1, 0.15) is 10.4 Å². The summed E-state index contributed by atoms with van der Waals surface area (Å²) in [4.78, 5) is 15.6. The molecule has 0 amide bonds. The first-order valence-electron chi connectivity index (χ1n) is 8.84. The minimum Gasteiger partial charge on any atom is -0.478 e. The zero-order valence-corrected chi connectivity index (χ0v) is 17.4. The maximum Gasteiger partial charge on any atom is 0.336 e. The molecule has 3 aromatic carbocycles.